The summed E-state index contributed by atoms with van der Waals surface area (Å²) in [7, 11) is 1.50. The number of fused-ring (bicyclic) bond motifs is 8. The molecule has 2 atom stereocenters. The Morgan fingerprint density at radius 1 is 0.534 bits per heavy atom. The topological polar surface area (TPSA) is 64.1 Å². The van der Waals surface area contributed by atoms with Gasteiger partial charge >= 0.3 is 0 Å². The summed E-state index contributed by atoms with van der Waals surface area (Å²) in [6, 6.07) is 61.6. The first kappa shape index (κ1) is 38.7. The number of thiophene rings is 1. The van der Waals surface area contributed by atoms with Gasteiger partial charge in [-0.3, -0.25) is 11.3 Å². The third-order valence-corrected chi connectivity index (χ3v) is 12.5. The van der Waals surface area contributed by atoms with Crippen LogP contribution in [0.3, 0.4) is 0 Å². The van der Waals surface area contributed by atoms with E-state index >= 15 is 0 Å². The highest BCUT2D eigenvalue weighted by Crippen LogP contribution is 2.45. The first-order valence-corrected chi connectivity index (χ1v) is 20.8. The molecule has 1 aliphatic rings. The fourth-order valence-electron chi connectivity index (χ4n) is 8.40. The predicted octanol–water partition coefficient (Wildman–Crippen LogP) is 14.0. The van der Waals surface area contributed by atoms with Crippen molar-refractivity contribution in [1.82, 2.24) is 5.43 Å². The summed E-state index contributed by atoms with van der Waals surface area (Å²) in [4.78, 5) is 0. The van der Waals surface area contributed by atoms with Crippen LogP contribution >= 0.6 is 11.3 Å². The molecule has 58 heavy (non-hydrogen) atoms. The lowest BCUT2D eigenvalue weighted by Crippen LogP contribution is -2.39. The number of hydrogen-bond donors (Lipinski definition) is 3. The highest BCUT2D eigenvalue weighted by atomic mass is 32.1. The van der Waals surface area contributed by atoms with Crippen LogP contribution in [0.2, 0.25) is 0 Å². The van der Waals surface area contributed by atoms with Gasteiger partial charge in [-0.15, -0.1) is 11.3 Å². The molecule has 0 spiro atoms. The fourth-order valence-corrected chi connectivity index (χ4v) is 9.64. The van der Waals surface area contributed by atoms with Crippen LogP contribution in [0.1, 0.15) is 30.5 Å². The second kappa shape index (κ2) is 17.2. The van der Waals surface area contributed by atoms with Gasteiger partial charge in [0.2, 0.25) is 0 Å². The molecule has 286 valence electrons. The average molecular weight is 772 g/mol. The zero-order valence-corrected chi connectivity index (χ0v) is 34.1. The molecule has 0 radical (unpaired) electrons. The summed E-state index contributed by atoms with van der Waals surface area (Å²) >= 11 is 1.90. The number of rotatable bonds is 6. The minimum absolute atomic E-state index is 0.00270. The van der Waals surface area contributed by atoms with E-state index in [0.717, 1.165) is 6.42 Å². The molecule has 0 aliphatic heterocycles. The van der Waals surface area contributed by atoms with Crippen molar-refractivity contribution >= 4 is 53.1 Å². The Labute approximate surface area is 346 Å². The van der Waals surface area contributed by atoms with Crippen molar-refractivity contribution in [3.05, 3.63) is 205 Å². The van der Waals surface area contributed by atoms with Crippen LogP contribution in [0.5, 0.6) is 0 Å². The molecule has 1 heterocycles. The van der Waals surface area contributed by atoms with Gasteiger partial charge in [-0.05, 0) is 106 Å². The highest BCUT2D eigenvalue weighted by molar-refractivity contribution is 7.27. The highest BCUT2D eigenvalue weighted by Gasteiger charge is 2.32. The van der Waals surface area contributed by atoms with Gasteiger partial charge in [-0.25, -0.2) is 0 Å². The molecule has 2 unspecified atom stereocenters. The zero-order valence-electron chi connectivity index (χ0n) is 33.3. The number of hydrogen-bond acceptors (Lipinski definition) is 4. The van der Waals surface area contributed by atoms with E-state index in [2.05, 4.69) is 201 Å². The van der Waals surface area contributed by atoms with Crippen molar-refractivity contribution < 1.29 is 0 Å². The number of benzene rings is 8. The number of aryl methyl sites for hydroxylation is 1. The molecule has 0 saturated carbocycles. The first-order valence-electron chi connectivity index (χ1n) is 20.0. The Morgan fingerprint density at radius 3 is 1.64 bits per heavy atom. The molecule has 0 bridgehead atoms. The third kappa shape index (κ3) is 7.64. The maximum atomic E-state index is 6.16. The summed E-state index contributed by atoms with van der Waals surface area (Å²) < 4.78 is 2.69. The van der Waals surface area contributed by atoms with Crippen LogP contribution in [0.25, 0.3) is 75.1 Å². The molecular weight excluding hydrogens is 723 g/mol. The van der Waals surface area contributed by atoms with Gasteiger partial charge in [0, 0.05) is 31.0 Å². The van der Waals surface area contributed by atoms with Crippen molar-refractivity contribution in [3.8, 4) is 33.4 Å². The van der Waals surface area contributed by atoms with Crippen LogP contribution < -0.4 is 17.0 Å². The lowest BCUT2D eigenvalue weighted by atomic mass is 9.74. The first-order chi connectivity index (χ1) is 28.5. The molecule has 1 aliphatic carbocycles. The minimum atomic E-state index is -0.0936. The van der Waals surface area contributed by atoms with E-state index in [1.807, 2.05) is 29.5 Å². The lowest BCUT2D eigenvalue weighted by Gasteiger charge is -2.36. The van der Waals surface area contributed by atoms with Crippen molar-refractivity contribution in [2.24, 2.45) is 17.0 Å². The molecule has 10 rings (SSSR count). The van der Waals surface area contributed by atoms with E-state index in [1.165, 1.54) is 93.3 Å². The van der Waals surface area contributed by atoms with Gasteiger partial charge in [-0.1, -0.05) is 176 Å². The summed E-state index contributed by atoms with van der Waals surface area (Å²) in [6.07, 6.45) is 9.66. The minimum Gasteiger partial charge on any atom is -0.333 e. The van der Waals surface area contributed by atoms with Crippen molar-refractivity contribution in [2.45, 2.75) is 26.3 Å². The van der Waals surface area contributed by atoms with E-state index in [1.54, 1.807) is 0 Å². The van der Waals surface area contributed by atoms with Crippen LogP contribution in [0.15, 0.2) is 194 Å². The number of hydrazine groups is 1. The van der Waals surface area contributed by atoms with Crippen molar-refractivity contribution in [1.29, 1.82) is 0 Å². The number of allylic oxidation sites excluding steroid dienone is 3. The quantitative estimate of drug-likeness (QED) is 0.0896. The van der Waals surface area contributed by atoms with E-state index in [0.29, 0.717) is 0 Å². The van der Waals surface area contributed by atoms with Gasteiger partial charge in [0.1, 0.15) is 0 Å². The predicted molar refractivity (Wildman–Crippen MR) is 253 cm³/mol. The molecule has 4 heteroatoms. The van der Waals surface area contributed by atoms with Crippen molar-refractivity contribution in [3.63, 3.8) is 0 Å². The van der Waals surface area contributed by atoms with Gasteiger partial charge in [0.05, 0.1) is 6.04 Å². The van der Waals surface area contributed by atoms with E-state index < -0.39 is 0 Å². The average Bonchev–Trinajstić information content (AvgIpc) is 3.68. The maximum absolute atomic E-state index is 6.16. The van der Waals surface area contributed by atoms with Crippen LogP contribution in [-0.2, 0) is 0 Å². The van der Waals surface area contributed by atoms with E-state index in [-0.39, 0.29) is 11.5 Å². The molecule has 5 N–H and O–H groups in total. The number of nitrogens with one attached hydrogen (secondary N) is 1. The Kier molecular flexibility index (Phi) is 11.5. The molecule has 1 aromatic heterocycles. The van der Waals surface area contributed by atoms with Gasteiger partial charge in [0.25, 0.3) is 0 Å². The van der Waals surface area contributed by atoms with Crippen LogP contribution in [0.4, 0.5) is 0 Å². The monoisotopic (exact) mass is 771 g/mol. The molecular formula is C54H49N3S. The Morgan fingerprint density at radius 2 is 1.07 bits per heavy atom. The molecule has 0 fully saturated rings. The summed E-state index contributed by atoms with van der Waals surface area (Å²) in [5.41, 5.74) is 17.3. The van der Waals surface area contributed by atoms with E-state index in [4.69, 9.17) is 5.84 Å². The Hall–Kier alpha value is -6.14. The van der Waals surface area contributed by atoms with Gasteiger partial charge < -0.3 is 5.73 Å². The lowest BCUT2D eigenvalue weighted by molar-refractivity contribution is 0.289. The maximum Gasteiger partial charge on any atom is 0.0551 e. The van der Waals surface area contributed by atoms with Crippen molar-refractivity contribution in [2.75, 3.05) is 7.05 Å². The standard InChI is InChI=1S/C46H36N2S.C7H8.CH5N/c1-46(24-7-2-8-25-46)45(48-47)36-17-11-16-34(28-36)32-14-9-12-30(26-32)31-13-10-15-33(27-31)35-22-23-42-41(29-35)43-39-20-5-3-18-37(39)38-19-4-6-21-40(38)44(43)49-42;1-7-5-3-2-4-6-7;1-2/h2-24,26-29,45,48H,25,47H2,1H3;2-6H,1H3;2H2,1H3. The summed E-state index contributed by atoms with van der Waals surface area (Å²) in [6.45, 7) is 4.35. The Bertz CT molecular complexity index is 2920. The third-order valence-electron chi connectivity index (χ3n) is 11.3. The molecule has 3 nitrogen and oxygen atoms in total. The van der Waals surface area contributed by atoms with Crippen LogP contribution in [0, 0.1) is 12.3 Å². The van der Waals surface area contributed by atoms with Gasteiger partial charge in [-0.2, -0.15) is 0 Å². The summed E-state index contributed by atoms with van der Waals surface area (Å²) in [5.74, 6) is 6.16. The van der Waals surface area contributed by atoms with Gasteiger partial charge in [0.15, 0.2) is 0 Å². The molecule has 0 saturated heterocycles. The SMILES string of the molecule is CC1(C(NN)c2cccc(-c3cccc(-c4cccc(-c5ccc6sc7c8ccccc8c8ccccc8c7c6c5)c4)c3)c2)C=CC=CC1.CN.Cc1ccccc1. The largest absolute Gasteiger partial charge is 0.333 e. The Balaban J connectivity index is 0.000000469. The van der Waals surface area contributed by atoms with E-state index in [9.17, 15) is 0 Å². The normalized spacial score (nSPS) is 15.2. The second-order valence-corrected chi connectivity index (χ2v) is 16.2. The summed E-state index contributed by atoms with van der Waals surface area (Å²) in [5, 5.41) is 7.98. The molecule has 8 aromatic carbocycles. The molecule has 9 aromatic rings. The second-order valence-electron chi connectivity index (χ2n) is 15.1. The smallest absolute Gasteiger partial charge is 0.0551 e. The number of nitrogens with two attached hydrogens (primary N) is 2. The molecule has 0 amide bonds. The van der Waals surface area contributed by atoms with Crippen LogP contribution in [-0.4, -0.2) is 7.05 Å². The fraction of sp³-hybridized carbons (Fsp3) is 0.111. The zero-order chi connectivity index (χ0) is 40.1.